The van der Waals surface area contributed by atoms with Gasteiger partial charge >= 0.3 is 0 Å². The van der Waals surface area contributed by atoms with Crippen molar-refractivity contribution in [1.82, 2.24) is 5.32 Å². The van der Waals surface area contributed by atoms with Crippen molar-refractivity contribution in [2.75, 3.05) is 31.3 Å². The van der Waals surface area contributed by atoms with E-state index in [4.69, 9.17) is 9.47 Å². The van der Waals surface area contributed by atoms with Crippen LogP contribution in [0.25, 0.3) is 0 Å². The summed E-state index contributed by atoms with van der Waals surface area (Å²) in [5.74, 6) is 0. The first-order chi connectivity index (χ1) is 9.81. The molecule has 0 amide bonds. The smallest absolute Gasteiger partial charge is 0.293 e. The average molecular weight is 276 g/mol. The van der Waals surface area contributed by atoms with Gasteiger partial charge < -0.3 is 19.7 Å². The number of anilines is 1. The maximum Gasteiger partial charge on any atom is 0.293 e. The molecule has 0 aliphatic carbocycles. The van der Waals surface area contributed by atoms with Crippen LogP contribution in [0.1, 0.15) is 18.4 Å². The van der Waals surface area contributed by atoms with Gasteiger partial charge in [-0.2, -0.15) is 0 Å². The minimum absolute atomic E-state index is 0.0144. The number of nitrogens with one attached hydrogen (secondary N) is 1. The second-order valence-corrected chi connectivity index (χ2v) is 5.48. The number of hydrogen-bond donors (Lipinski definition) is 1. The molecule has 3 rings (SSSR count). The molecule has 0 aromatic heterocycles. The summed E-state index contributed by atoms with van der Waals surface area (Å²) in [7, 11) is 0. The zero-order valence-corrected chi connectivity index (χ0v) is 11.5. The van der Waals surface area contributed by atoms with E-state index in [0.717, 1.165) is 43.7 Å². The molecule has 1 spiro atoms. The van der Waals surface area contributed by atoms with Crippen molar-refractivity contribution in [3.8, 4) is 0 Å². The van der Waals surface area contributed by atoms with E-state index in [0.29, 0.717) is 19.8 Å². The van der Waals surface area contributed by atoms with E-state index in [2.05, 4.69) is 22.3 Å². The molecule has 1 aromatic carbocycles. The van der Waals surface area contributed by atoms with Crippen molar-refractivity contribution in [1.29, 1.82) is 0 Å². The fraction of sp³-hybridized carbons (Fsp3) is 0.533. The first-order valence-corrected chi connectivity index (χ1v) is 7.05. The van der Waals surface area contributed by atoms with Crippen molar-refractivity contribution >= 4 is 12.2 Å². The normalized spacial score (nSPS) is 21.1. The van der Waals surface area contributed by atoms with Crippen molar-refractivity contribution in [2.24, 2.45) is 0 Å². The van der Waals surface area contributed by atoms with Gasteiger partial charge in [0.15, 0.2) is 0 Å². The minimum Gasteiger partial charge on any atom is -0.463 e. The van der Waals surface area contributed by atoms with E-state index in [1.807, 2.05) is 12.1 Å². The monoisotopic (exact) mass is 276 g/mol. The van der Waals surface area contributed by atoms with Gasteiger partial charge in [0.1, 0.15) is 13.3 Å². The third kappa shape index (κ3) is 2.78. The number of ether oxygens (including phenoxy) is 2. The van der Waals surface area contributed by atoms with E-state index < -0.39 is 0 Å². The Kier molecular flexibility index (Phi) is 3.89. The van der Waals surface area contributed by atoms with Crippen LogP contribution >= 0.6 is 0 Å². The number of rotatable bonds is 4. The Morgan fingerprint density at radius 2 is 2.25 bits per heavy atom. The highest BCUT2D eigenvalue weighted by Crippen LogP contribution is 2.32. The zero-order chi connectivity index (χ0) is 13.8. The standard InChI is InChI=1S/C15H20N2O3/c18-12-19-9-13-2-1-3-14(8-13)17-10-15(20-11-17)4-6-16-7-5-15/h1-3,8,12,16H,4-7,9-11H2. The van der Waals surface area contributed by atoms with Crippen LogP contribution in [0.5, 0.6) is 0 Å². The van der Waals surface area contributed by atoms with Gasteiger partial charge in [-0.1, -0.05) is 12.1 Å². The summed E-state index contributed by atoms with van der Waals surface area (Å²) < 4.78 is 10.9. The molecule has 2 fully saturated rings. The van der Waals surface area contributed by atoms with Gasteiger partial charge in [0, 0.05) is 12.2 Å². The van der Waals surface area contributed by atoms with Crippen LogP contribution in [-0.4, -0.2) is 38.4 Å². The SMILES string of the molecule is O=COCc1cccc(N2COC3(CCNCC3)C2)c1. The van der Waals surface area contributed by atoms with Gasteiger partial charge in [-0.25, -0.2) is 0 Å². The van der Waals surface area contributed by atoms with E-state index in [9.17, 15) is 4.79 Å². The molecule has 2 aliphatic rings. The predicted molar refractivity (Wildman–Crippen MR) is 75.4 cm³/mol. The Morgan fingerprint density at radius 3 is 3.05 bits per heavy atom. The Bertz CT molecular complexity index is 472. The van der Waals surface area contributed by atoms with Gasteiger partial charge in [-0.05, 0) is 43.6 Å². The summed E-state index contributed by atoms with van der Waals surface area (Å²) in [6, 6.07) is 8.09. The van der Waals surface area contributed by atoms with Gasteiger partial charge in [0.2, 0.25) is 0 Å². The second kappa shape index (κ2) is 5.81. The van der Waals surface area contributed by atoms with E-state index >= 15 is 0 Å². The fourth-order valence-electron chi connectivity index (χ4n) is 2.98. The van der Waals surface area contributed by atoms with Crippen LogP contribution in [0.15, 0.2) is 24.3 Å². The summed E-state index contributed by atoms with van der Waals surface area (Å²) in [5, 5.41) is 3.37. The maximum absolute atomic E-state index is 10.3. The molecule has 5 heteroatoms. The number of benzene rings is 1. The highest BCUT2D eigenvalue weighted by Gasteiger charge is 2.40. The van der Waals surface area contributed by atoms with E-state index in [1.54, 1.807) is 0 Å². The summed E-state index contributed by atoms with van der Waals surface area (Å²) in [6.45, 7) is 4.43. The molecule has 5 nitrogen and oxygen atoms in total. The Morgan fingerprint density at radius 1 is 1.40 bits per heavy atom. The van der Waals surface area contributed by atoms with Crippen LogP contribution < -0.4 is 10.2 Å². The van der Waals surface area contributed by atoms with Crippen molar-refractivity contribution in [2.45, 2.75) is 25.0 Å². The highest BCUT2D eigenvalue weighted by molar-refractivity contribution is 5.50. The predicted octanol–water partition coefficient (Wildman–Crippen LogP) is 1.28. The Hall–Kier alpha value is -1.59. The molecule has 20 heavy (non-hydrogen) atoms. The number of piperidine rings is 1. The minimum atomic E-state index is 0.0144. The number of carbonyl (C=O) groups excluding carboxylic acids is 1. The maximum atomic E-state index is 10.3. The molecule has 0 saturated carbocycles. The van der Waals surface area contributed by atoms with Crippen molar-refractivity contribution < 1.29 is 14.3 Å². The molecule has 2 aliphatic heterocycles. The number of carbonyl (C=O) groups is 1. The lowest BCUT2D eigenvalue weighted by Gasteiger charge is -2.32. The fourth-order valence-corrected chi connectivity index (χ4v) is 2.98. The van der Waals surface area contributed by atoms with Crippen LogP contribution in [-0.2, 0) is 20.9 Å². The highest BCUT2D eigenvalue weighted by atomic mass is 16.5. The quantitative estimate of drug-likeness (QED) is 0.840. The van der Waals surface area contributed by atoms with Gasteiger partial charge in [0.25, 0.3) is 6.47 Å². The molecular formula is C15H20N2O3. The Balaban J connectivity index is 1.69. The molecule has 2 saturated heterocycles. The molecule has 1 N–H and O–H groups in total. The molecule has 0 radical (unpaired) electrons. The molecule has 1 aromatic rings. The first kappa shape index (κ1) is 13.4. The zero-order valence-electron chi connectivity index (χ0n) is 11.5. The first-order valence-electron chi connectivity index (χ1n) is 7.05. The molecule has 0 atom stereocenters. The number of hydrogen-bond acceptors (Lipinski definition) is 5. The summed E-state index contributed by atoms with van der Waals surface area (Å²) >= 11 is 0. The summed E-state index contributed by atoms with van der Waals surface area (Å²) in [4.78, 5) is 12.5. The third-order valence-corrected chi connectivity index (χ3v) is 4.11. The molecule has 0 unspecified atom stereocenters. The van der Waals surface area contributed by atoms with E-state index in [1.165, 1.54) is 0 Å². The van der Waals surface area contributed by atoms with Crippen LogP contribution in [0.3, 0.4) is 0 Å². The van der Waals surface area contributed by atoms with Gasteiger partial charge in [-0.3, -0.25) is 4.79 Å². The molecule has 0 bridgehead atoms. The number of nitrogens with zero attached hydrogens (tertiary/aromatic N) is 1. The van der Waals surface area contributed by atoms with Crippen LogP contribution in [0, 0.1) is 0 Å². The van der Waals surface area contributed by atoms with Crippen LogP contribution in [0.2, 0.25) is 0 Å². The molecular weight excluding hydrogens is 256 g/mol. The largest absolute Gasteiger partial charge is 0.463 e. The lowest BCUT2D eigenvalue weighted by molar-refractivity contribution is -0.129. The van der Waals surface area contributed by atoms with Crippen molar-refractivity contribution in [3.63, 3.8) is 0 Å². The second-order valence-electron chi connectivity index (χ2n) is 5.48. The molecule has 2 heterocycles. The third-order valence-electron chi connectivity index (χ3n) is 4.11. The van der Waals surface area contributed by atoms with Crippen molar-refractivity contribution in [3.05, 3.63) is 29.8 Å². The van der Waals surface area contributed by atoms with Crippen LogP contribution in [0.4, 0.5) is 5.69 Å². The summed E-state index contributed by atoms with van der Waals surface area (Å²) in [5.41, 5.74) is 2.15. The lowest BCUT2D eigenvalue weighted by Crippen LogP contribution is -2.44. The summed E-state index contributed by atoms with van der Waals surface area (Å²) in [6.07, 6.45) is 2.13. The van der Waals surface area contributed by atoms with Gasteiger partial charge in [-0.15, -0.1) is 0 Å². The average Bonchev–Trinajstić information content (AvgIpc) is 2.90. The lowest BCUT2D eigenvalue weighted by atomic mass is 9.92. The Labute approximate surface area is 118 Å². The van der Waals surface area contributed by atoms with E-state index in [-0.39, 0.29) is 5.60 Å². The van der Waals surface area contributed by atoms with Gasteiger partial charge in [0.05, 0.1) is 5.60 Å². The topological polar surface area (TPSA) is 50.8 Å². The molecule has 108 valence electrons.